The average Bonchev–Trinajstić information content (AvgIpc) is 2.35. The first kappa shape index (κ1) is 12.3. The Labute approximate surface area is 103 Å². The maximum absolute atomic E-state index is 13.0. The first-order chi connectivity index (χ1) is 8.69. The van der Waals surface area contributed by atoms with Gasteiger partial charge in [-0.15, -0.1) is 0 Å². The number of nitrogens with zero attached hydrogens (tertiary/aromatic N) is 1. The highest BCUT2D eigenvalue weighted by atomic mass is 19.2. The molecule has 0 atom stereocenters. The Hall–Kier alpha value is -2.21. The second kappa shape index (κ2) is 5.42. The van der Waals surface area contributed by atoms with Gasteiger partial charge in [-0.3, -0.25) is 10.3 Å². The molecular weight excluding hydrogens is 240 g/mol. The van der Waals surface area contributed by atoms with E-state index in [1.54, 1.807) is 18.3 Å². The summed E-state index contributed by atoms with van der Waals surface area (Å²) in [6, 6.07) is 6.92. The number of hydrogen-bond donors (Lipinski definition) is 2. The Balaban J connectivity index is 2.17. The number of aromatic nitrogens is 1. The van der Waals surface area contributed by atoms with E-state index in [0.29, 0.717) is 17.2 Å². The Kier molecular flexibility index (Phi) is 3.69. The molecule has 0 saturated heterocycles. The molecule has 0 unspecified atom stereocenters. The summed E-state index contributed by atoms with van der Waals surface area (Å²) in [4.78, 5) is 8.80. The smallest absolute Gasteiger partial charge is 0.160 e. The van der Waals surface area contributed by atoms with Crippen molar-refractivity contribution in [1.82, 2.24) is 4.98 Å². The van der Waals surface area contributed by atoms with Crippen molar-refractivity contribution in [2.75, 3.05) is 17.9 Å². The minimum atomic E-state index is -0.911. The maximum Gasteiger partial charge on any atom is 0.160 e. The molecule has 0 saturated carbocycles. The molecule has 0 aliphatic rings. The number of benzene rings is 1. The summed E-state index contributed by atoms with van der Waals surface area (Å²) in [5.74, 6) is -1.31. The van der Waals surface area contributed by atoms with Crippen molar-refractivity contribution in [1.29, 1.82) is 0 Å². The van der Waals surface area contributed by atoms with Crippen molar-refractivity contribution >= 4 is 17.2 Å². The number of nitrogens with one attached hydrogen (secondary N) is 2. The molecule has 0 bridgehead atoms. The first-order valence-electron chi connectivity index (χ1n) is 5.16. The van der Waals surface area contributed by atoms with Gasteiger partial charge in [0.1, 0.15) is 5.82 Å². The zero-order valence-corrected chi connectivity index (χ0v) is 9.58. The molecule has 0 spiro atoms. The number of pyridine rings is 1. The van der Waals surface area contributed by atoms with E-state index < -0.39 is 11.6 Å². The fourth-order valence-electron chi connectivity index (χ4n) is 1.40. The summed E-state index contributed by atoms with van der Waals surface area (Å²) in [6.45, 7) is 0. The van der Waals surface area contributed by atoms with Gasteiger partial charge < -0.3 is 5.32 Å². The average molecular weight is 251 g/mol. The van der Waals surface area contributed by atoms with E-state index in [2.05, 4.69) is 15.8 Å². The van der Waals surface area contributed by atoms with Gasteiger partial charge in [0, 0.05) is 24.0 Å². The molecule has 1 aromatic carbocycles. The first-order valence-corrected chi connectivity index (χ1v) is 5.16. The molecule has 18 heavy (non-hydrogen) atoms. The van der Waals surface area contributed by atoms with E-state index in [9.17, 15) is 8.78 Å². The van der Waals surface area contributed by atoms with E-state index in [0.717, 1.165) is 12.1 Å². The molecule has 0 amide bonds. The summed E-state index contributed by atoms with van der Waals surface area (Å²) in [7, 11) is 1.49. The van der Waals surface area contributed by atoms with Crippen LogP contribution in [0.4, 0.5) is 26.0 Å². The number of anilines is 3. The second-order valence-corrected chi connectivity index (χ2v) is 3.49. The molecule has 2 N–H and O–H groups in total. The van der Waals surface area contributed by atoms with Gasteiger partial charge in [0.05, 0.1) is 12.8 Å². The van der Waals surface area contributed by atoms with Crippen LogP contribution < -0.4 is 10.8 Å². The summed E-state index contributed by atoms with van der Waals surface area (Å²) < 4.78 is 25.8. The van der Waals surface area contributed by atoms with E-state index >= 15 is 0 Å². The lowest BCUT2D eigenvalue weighted by Gasteiger charge is -2.08. The van der Waals surface area contributed by atoms with Crippen molar-refractivity contribution in [2.24, 2.45) is 0 Å². The minimum absolute atomic E-state index is 0.413. The van der Waals surface area contributed by atoms with Crippen LogP contribution in [-0.2, 0) is 4.84 Å². The third kappa shape index (κ3) is 2.92. The number of rotatable bonds is 4. The Morgan fingerprint density at radius 2 is 1.89 bits per heavy atom. The SMILES string of the molecule is CONc1ccnc(Nc2ccc(F)c(F)c2)c1. The summed E-state index contributed by atoms with van der Waals surface area (Å²) in [5.41, 5.74) is 3.75. The molecule has 0 aliphatic carbocycles. The Morgan fingerprint density at radius 1 is 1.06 bits per heavy atom. The maximum atomic E-state index is 13.0. The highest BCUT2D eigenvalue weighted by Gasteiger charge is 2.03. The van der Waals surface area contributed by atoms with E-state index in [-0.39, 0.29) is 0 Å². The van der Waals surface area contributed by atoms with Crippen LogP contribution in [0.15, 0.2) is 36.5 Å². The molecular formula is C12H11F2N3O. The fourth-order valence-corrected chi connectivity index (χ4v) is 1.40. The van der Waals surface area contributed by atoms with Crippen LogP contribution >= 0.6 is 0 Å². The molecule has 6 heteroatoms. The lowest BCUT2D eigenvalue weighted by atomic mass is 10.3. The van der Waals surface area contributed by atoms with Crippen LogP contribution in [0.3, 0.4) is 0 Å². The van der Waals surface area contributed by atoms with Crippen LogP contribution in [0.2, 0.25) is 0 Å². The van der Waals surface area contributed by atoms with Gasteiger partial charge in [0.2, 0.25) is 0 Å². The fraction of sp³-hybridized carbons (Fsp3) is 0.0833. The number of hydrogen-bond acceptors (Lipinski definition) is 4. The van der Waals surface area contributed by atoms with E-state index in [1.807, 2.05) is 0 Å². The standard InChI is InChI=1S/C12H11F2N3O/c1-18-17-9-4-5-15-12(7-9)16-8-2-3-10(13)11(14)6-8/h2-7H,1H3,(H2,15,16,17). The molecule has 1 heterocycles. The molecule has 2 rings (SSSR count). The second-order valence-electron chi connectivity index (χ2n) is 3.49. The predicted molar refractivity (Wildman–Crippen MR) is 64.5 cm³/mol. The van der Waals surface area contributed by atoms with Crippen molar-refractivity contribution < 1.29 is 13.6 Å². The van der Waals surface area contributed by atoms with E-state index in [4.69, 9.17) is 4.84 Å². The molecule has 0 aliphatic heterocycles. The van der Waals surface area contributed by atoms with Gasteiger partial charge in [-0.1, -0.05) is 0 Å². The summed E-state index contributed by atoms with van der Waals surface area (Å²) in [6.07, 6.45) is 1.56. The zero-order chi connectivity index (χ0) is 13.0. The molecule has 4 nitrogen and oxygen atoms in total. The quantitative estimate of drug-likeness (QED) is 0.820. The Morgan fingerprint density at radius 3 is 2.61 bits per heavy atom. The monoisotopic (exact) mass is 251 g/mol. The minimum Gasteiger partial charge on any atom is -0.340 e. The van der Waals surface area contributed by atoms with Gasteiger partial charge in [0.15, 0.2) is 11.6 Å². The highest BCUT2D eigenvalue weighted by molar-refractivity contribution is 5.60. The molecule has 94 valence electrons. The molecule has 0 fully saturated rings. The summed E-state index contributed by atoms with van der Waals surface area (Å²) in [5, 5.41) is 2.86. The summed E-state index contributed by atoms with van der Waals surface area (Å²) >= 11 is 0. The lowest BCUT2D eigenvalue weighted by Crippen LogP contribution is -1.99. The van der Waals surface area contributed by atoms with Crippen LogP contribution in [0, 0.1) is 11.6 Å². The molecule has 1 aromatic heterocycles. The van der Waals surface area contributed by atoms with Crippen molar-refractivity contribution in [3.05, 3.63) is 48.2 Å². The molecule has 2 aromatic rings. The van der Waals surface area contributed by atoms with Crippen molar-refractivity contribution in [2.45, 2.75) is 0 Å². The van der Waals surface area contributed by atoms with Gasteiger partial charge >= 0.3 is 0 Å². The largest absolute Gasteiger partial charge is 0.340 e. The predicted octanol–water partition coefficient (Wildman–Crippen LogP) is 3.08. The van der Waals surface area contributed by atoms with Gasteiger partial charge in [-0.05, 0) is 18.2 Å². The lowest BCUT2D eigenvalue weighted by molar-refractivity contribution is 0.271. The highest BCUT2D eigenvalue weighted by Crippen LogP contribution is 2.19. The zero-order valence-electron chi connectivity index (χ0n) is 9.58. The van der Waals surface area contributed by atoms with Crippen LogP contribution in [-0.4, -0.2) is 12.1 Å². The third-order valence-electron chi connectivity index (χ3n) is 2.17. The van der Waals surface area contributed by atoms with Crippen LogP contribution in [0.5, 0.6) is 0 Å². The topological polar surface area (TPSA) is 46.2 Å². The van der Waals surface area contributed by atoms with Crippen molar-refractivity contribution in [3.63, 3.8) is 0 Å². The third-order valence-corrected chi connectivity index (χ3v) is 2.17. The van der Waals surface area contributed by atoms with Gasteiger partial charge in [-0.2, -0.15) is 0 Å². The Bertz CT molecular complexity index is 549. The van der Waals surface area contributed by atoms with Crippen LogP contribution in [0.25, 0.3) is 0 Å². The molecule has 0 radical (unpaired) electrons. The van der Waals surface area contributed by atoms with Gasteiger partial charge in [0.25, 0.3) is 0 Å². The normalized spacial score (nSPS) is 10.2. The van der Waals surface area contributed by atoms with Gasteiger partial charge in [-0.25, -0.2) is 13.8 Å². The van der Waals surface area contributed by atoms with Crippen molar-refractivity contribution in [3.8, 4) is 0 Å². The van der Waals surface area contributed by atoms with E-state index in [1.165, 1.54) is 13.2 Å². The number of halogens is 2. The van der Waals surface area contributed by atoms with Crippen LogP contribution in [0.1, 0.15) is 0 Å².